The lowest BCUT2D eigenvalue weighted by molar-refractivity contribution is -0.486. The Bertz CT molecular complexity index is 146. The van der Waals surface area contributed by atoms with Gasteiger partial charge in [-0.1, -0.05) is 0 Å². The topological polar surface area (TPSA) is 72.1 Å². The van der Waals surface area contributed by atoms with Crippen molar-refractivity contribution in [3.63, 3.8) is 0 Å². The second kappa shape index (κ2) is 3.06. The van der Waals surface area contributed by atoms with E-state index in [4.69, 9.17) is 11.5 Å². The van der Waals surface area contributed by atoms with Crippen molar-refractivity contribution in [2.45, 2.75) is 6.92 Å². The maximum atomic E-state index is 10.4. The smallest absolute Gasteiger partial charge is 0.296 e. The molecule has 0 bridgehead atoms. The minimum atomic E-state index is 0.0471. The molecule has 0 saturated heterocycles. The predicted octanol–water partition coefficient (Wildman–Crippen LogP) is -1.51. The first-order valence-corrected chi connectivity index (χ1v) is 2.62. The van der Waals surface area contributed by atoms with Crippen LogP contribution in [0.1, 0.15) is 6.92 Å². The molecule has 0 unspecified atom stereocenters. The Morgan fingerprint density at radius 1 is 1.56 bits per heavy atom. The van der Waals surface area contributed by atoms with Gasteiger partial charge >= 0.3 is 5.96 Å². The van der Waals surface area contributed by atoms with Crippen LogP contribution in [-0.4, -0.2) is 29.9 Å². The second-order valence-corrected chi connectivity index (χ2v) is 1.98. The zero-order valence-corrected chi connectivity index (χ0v) is 5.72. The van der Waals surface area contributed by atoms with E-state index in [9.17, 15) is 4.79 Å². The van der Waals surface area contributed by atoms with Crippen molar-refractivity contribution in [2.24, 2.45) is 11.5 Å². The molecule has 0 heterocycles. The molecule has 0 fully saturated rings. The summed E-state index contributed by atoms with van der Waals surface area (Å²) in [6.07, 6.45) is 0. The van der Waals surface area contributed by atoms with Crippen LogP contribution in [0.3, 0.4) is 0 Å². The number of hydrogen-bond donors (Lipinski definition) is 2. The molecular weight excluding hydrogens is 118 g/mol. The number of likely N-dealkylation sites (N-methyl/N-ethyl adjacent to an activating group) is 1. The predicted molar refractivity (Wildman–Crippen MR) is 35.1 cm³/mol. The molecule has 0 radical (unpaired) electrons. The van der Waals surface area contributed by atoms with E-state index in [1.165, 1.54) is 11.5 Å². The molecule has 0 aromatic rings. The first-order valence-electron chi connectivity index (χ1n) is 2.62. The monoisotopic (exact) mass is 130 g/mol. The lowest BCUT2D eigenvalue weighted by Crippen LogP contribution is -2.35. The molecule has 52 valence electrons. The molecule has 0 aromatic heterocycles. The SMILES string of the molecule is CC(=O)C[N+](C)=C(N)N. The molecular formula is C5H12N3O+. The number of hydrogen-bond acceptors (Lipinski definition) is 1. The molecule has 4 heteroatoms. The summed E-state index contributed by atoms with van der Waals surface area (Å²) < 4.78 is 1.49. The number of nitrogens with zero attached hydrogens (tertiary/aromatic N) is 1. The molecule has 0 aromatic carbocycles. The molecule has 9 heavy (non-hydrogen) atoms. The zero-order chi connectivity index (χ0) is 7.44. The molecule has 4 N–H and O–H groups in total. The largest absolute Gasteiger partial charge is 0.341 e. The van der Waals surface area contributed by atoms with Gasteiger partial charge in [0.05, 0.1) is 7.05 Å². The van der Waals surface area contributed by atoms with Gasteiger partial charge in [-0.3, -0.25) is 20.8 Å². The first-order chi connectivity index (χ1) is 4.04. The summed E-state index contributed by atoms with van der Waals surface area (Å²) in [6.45, 7) is 1.77. The third-order valence-electron chi connectivity index (χ3n) is 0.901. The molecule has 0 spiro atoms. The highest BCUT2D eigenvalue weighted by Crippen LogP contribution is 1.69. The Morgan fingerprint density at radius 3 is 2.11 bits per heavy atom. The van der Waals surface area contributed by atoms with Crippen molar-refractivity contribution < 1.29 is 9.37 Å². The van der Waals surface area contributed by atoms with Gasteiger partial charge in [0, 0.05) is 0 Å². The van der Waals surface area contributed by atoms with Gasteiger partial charge in [-0.15, -0.1) is 0 Å². The normalized spacial score (nSPS) is 8.67. The summed E-state index contributed by atoms with van der Waals surface area (Å²) in [5.74, 6) is 0.219. The highest BCUT2D eigenvalue weighted by molar-refractivity contribution is 5.78. The maximum Gasteiger partial charge on any atom is 0.341 e. The van der Waals surface area contributed by atoms with Crippen molar-refractivity contribution in [3.8, 4) is 0 Å². The van der Waals surface area contributed by atoms with Gasteiger partial charge in [0.1, 0.15) is 6.54 Å². The van der Waals surface area contributed by atoms with E-state index in [1.54, 1.807) is 7.05 Å². The minimum absolute atomic E-state index is 0.0471. The molecule has 4 nitrogen and oxygen atoms in total. The van der Waals surface area contributed by atoms with E-state index in [2.05, 4.69) is 0 Å². The summed E-state index contributed by atoms with van der Waals surface area (Å²) in [5.41, 5.74) is 10.3. The van der Waals surface area contributed by atoms with E-state index in [-0.39, 0.29) is 18.3 Å². The van der Waals surface area contributed by atoms with Gasteiger partial charge in [-0.05, 0) is 6.92 Å². The number of carbonyl (C=O) groups excluding carboxylic acids is 1. The van der Waals surface area contributed by atoms with Crippen LogP contribution in [0.25, 0.3) is 0 Å². The van der Waals surface area contributed by atoms with E-state index >= 15 is 0 Å². The Balaban J connectivity index is 3.92. The van der Waals surface area contributed by atoms with Crippen LogP contribution in [0.5, 0.6) is 0 Å². The average molecular weight is 130 g/mol. The summed E-state index contributed by atoms with van der Waals surface area (Å²) in [6, 6.07) is 0. The number of carbonyl (C=O) groups is 1. The minimum Gasteiger partial charge on any atom is -0.296 e. The summed E-state index contributed by atoms with van der Waals surface area (Å²) in [5, 5.41) is 0. The van der Waals surface area contributed by atoms with Crippen LogP contribution in [-0.2, 0) is 4.79 Å². The zero-order valence-electron chi connectivity index (χ0n) is 5.72. The molecule has 0 atom stereocenters. The standard InChI is InChI=1S/C5H11N3O/c1-4(9)3-8(2)5(6)7/h3H2,1-2H3,(H3,6,7)/p+1. The third kappa shape index (κ3) is 3.52. The lowest BCUT2D eigenvalue weighted by atomic mass is 10.4. The van der Waals surface area contributed by atoms with Gasteiger partial charge < -0.3 is 0 Å². The number of ketones is 1. The lowest BCUT2D eigenvalue weighted by Gasteiger charge is -1.96. The Hall–Kier alpha value is -1.06. The Morgan fingerprint density at radius 2 is 2.00 bits per heavy atom. The van der Waals surface area contributed by atoms with Crippen molar-refractivity contribution in [1.29, 1.82) is 0 Å². The highest BCUT2D eigenvalue weighted by atomic mass is 16.1. The Labute approximate surface area is 54.1 Å². The fourth-order valence-electron chi connectivity index (χ4n) is 0.425. The van der Waals surface area contributed by atoms with Gasteiger partial charge in [0.25, 0.3) is 0 Å². The molecule has 0 rings (SSSR count). The van der Waals surface area contributed by atoms with Crippen LogP contribution in [0.15, 0.2) is 0 Å². The van der Waals surface area contributed by atoms with Gasteiger partial charge in [0.2, 0.25) is 0 Å². The van der Waals surface area contributed by atoms with Crippen LogP contribution in [0, 0.1) is 0 Å². The van der Waals surface area contributed by atoms with Crippen LogP contribution >= 0.6 is 0 Å². The number of rotatable bonds is 2. The number of Topliss-reactive ketones (excluding diaryl/α,β-unsaturated/α-hetero) is 1. The quantitative estimate of drug-likeness (QED) is 0.271. The molecule has 0 saturated carbocycles. The fraction of sp³-hybridized carbons (Fsp3) is 0.600. The third-order valence-corrected chi connectivity index (χ3v) is 0.901. The van der Waals surface area contributed by atoms with Crippen molar-refractivity contribution in [3.05, 3.63) is 0 Å². The van der Waals surface area contributed by atoms with Crippen molar-refractivity contribution >= 4 is 11.7 Å². The van der Waals surface area contributed by atoms with Crippen LogP contribution < -0.4 is 11.5 Å². The molecule has 0 aliphatic rings. The Kier molecular flexibility index (Phi) is 2.70. The average Bonchev–Trinajstić information content (AvgIpc) is 1.63. The van der Waals surface area contributed by atoms with Crippen molar-refractivity contribution in [1.82, 2.24) is 0 Å². The van der Waals surface area contributed by atoms with Gasteiger partial charge in [0.15, 0.2) is 5.78 Å². The molecule has 0 aliphatic carbocycles. The first kappa shape index (κ1) is 7.94. The number of nitrogens with two attached hydrogens (primary N) is 2. The van der Waals surface area contributed by atoms with E-state index < -0.39 is 0 Å². The van der Waals surface area contributed by atoms with E-state index in [1.807, 2.05) is 0 Å². The summed E-state index contributed by atoms with van der Waals surface area (Å²) in [4.78, 5) is 10.4. The van der Waals surface area contributed by atoms with Crippen LogP contribution in [0.4, 0.5) is 0 Å². The van der Waals surface area contributed by atoms with Gasteiger partial charge in [-0.2, -0.15) is 0 Å². The van der Waals surface area contributed by atoms with E-state index in [0.29, 0.717) is 0 Å². The number of guanidine groups is 1. The molecule has 0 aliphatic heterocycles. The molecule has 0 amide bonds. The fourth-order valence-corrected chi connectivity index (χ4v) is 0.425. The van der Waals surface area contributed by atoms with E-state index in [0.717, 1.165) is 0 Å². The summed E-state index contributed by atoms with van der Waals surface area (Å²) >= 11 is 0. The van der Waals surface area contributed by atoms with Crippen molar-refractivity contribution in [2.75, 3.05) is 13.6 Å². The van der Waals surface area contributed by atoms with Gasteiger partial charge in [-0.25, -0.2) is 0 Å². The maximum absolute atomic E-state index is 10.4. The van der Waals surface area contributed by atoms with Crippen LogP contribution in [0.2, 0.25) is 0 Å². The highest BCUT2D eigenvalue weighted by Gasteiger charge is 1.98. The summed E-state index contributed by atoms with van der Waals surface area (Å²) in [7, 11) is 1.66. The second-order valence-electron chi connectivity index (χ2n) is 1.98.